The van der Waals surface area contributed by atoms with Crippen molar-refractivity contribution in [2.24, 2.45) is 52.3 Å². The first-order valence-corrected chi connectivity index (χ1v) is 12.7. The highest BCUT2D eigenvalue weighted by Crippen LogP contribution is 2.67. The molecule has 1 heteroatoms. The second-order valence-electron chi connectivity index (χ2n) is 12.2. The van der Waals surface area contributed by atoms with E-state index in [9.17, 15) is 5.11 Å². The highest BCUT2D eigenvalue weighted by molar-refractivity contribution is 5.25. The first-order chi connectivity index (χ1) is 13.7. The molecule has 3 fully saturated rings. The first-order valence-electron chi connectivity index (χ1n) is 12.7. The van der Waals surface area contributed by atoms with Crippen LogP contribution in [0.2, 0.25) is 0 Å². The SMILES string of the molecule is CC(C)[C@@H](C)/C=C/[C@H](C)[C@H]1CC[C@H]2[C@@H]3CC=C4C[C@@H](O)CC[C@]4(C)[C@@H]3CC[C@@]12C. The van der Waals surface area contributed by atoms with Gasteiger partial charge in [-0.15, -0.1) is 0 Å². The molecule has 0 bridgehead atoms. The van der Waals surface area contributed by atoms with Crippen molar-refractivity contribution in [2.45, 2.75) is 99.0 Å². The van der Waals surface area contributed by atoms with Crippen LogP contribution in [0.15, 0.2) is 23.8 Å². The molecular formula is C28H46O. The Kier molecular flexibility index (Phi) is 5.86. The summed E-state index contributed by atoms with van der Waals surface area (Å²) >= 11 is 0. The number of aliphatic hydroxyl groups excluding tert-OH is 1. The van der Waals surface area contributed by atoms with E-state index in [2.05, 4.69) is 59.8 Å². The van der Waals surface area contributed by atoms with Crippen LogP contribution in [0.3, 0.4) is 0 Å². The second kappa shape index (κ2) is 7.85. The van der Waals surface area contributed by atoms with E-state index in [1.165, 1.54) is 38.5 Å². The fraction of sp³-hybridized carbons (Fsp3) is 0.857. The summed E-state index contributed by atoms with van der Waals surface area (Å²) in [7, 11) is 0. The smallest absolute Gasteiger partial charge is 0.0577 e. The number of allylic oxidation sites excluding steroid dienone is 3. The van der Waals surface area contributed by atoms with Crippen molar-refractivity contribution in [1.82, 2.24) is 0 Å². The normalized spacial score (nSPS) is 46.8. The van der Waals surface area contributed by atoms with Crippen LogP contribution in [-0.2, 0) is 0 Å². The minimum Gasteiger partial charge on any atom is -0.393 e. The summed E-state index contributed by atoms with van der Waals surface area (Å²) in [6.45, 7) is 14.7. The molecule has 4 aliphatic rings. The molecule has 1 N–H and O–H groups in total. The molecule has 3 saturated carbocycles. The Labute approximate surface area is 180 Å². The van der Waals surface area contributed by atoms with Gasteiger partial charge in [0.15, 0.2) is 0 Å². The molecule has 0 aromatic carbocycles. The van der Waals surface area contributed by atoms with E-state index in [4.69, 9.17) is 0 Å². The lowest BCUT2D eigenvalue weighted by molar-refractivity contribution is -0.0540. The fourth-order valence-electron chi connectivity index (χ4n) is 8.25. The van der Waals surface area contributed by atoms with Gasteiger partial charge in [-0.3, -0.25) is 0 Å². The molecule has 0 unspecified atom stereocenters. The zero-order valence-corrected chi connectivity index (χ0v) is 20.0. The van der Waals surface area contributed by atoms with Crippen molar-refractivity contribution >= 4 is 0 Å². The number of hydrogen-bond acceptors (Lipinski definition) is 1. The topological polar surface area (TPSA) is 20.2 Å². The number of rotatable bonds is 4. The Morgan fingerprint density at radius 2 is 1.72 bits per heavy atom. The molecule has 0 spiro atoms. The van der Waals surface area contributed by atoms with Gasteiger partial charge in [-0.2, -0.15) is 0 Å². The van der Waals surface area contributed by atoms with E-state index >= 15 is 0 Å². The molecule has 1 nitrogen and oxygen atoms in total. The molecule has 4 rings (SSSR count). The van der Waals surface area contributed by atoms with Crippen LogP contribution in [0.5, 0.6) is 0 Å². The third-order valence-electron chi connectivity index (χ3n) is 10.6. The average molecular weight is 399 g/mol. The predicted octanol–water partition coefficient (Wildman–Crippen LogP) is 7.41. The summed E-state index contributed by atoms with van der Waals surface area (Å²) in [6.07, 6.45) is 17.7. The number of fused-ring (bicyclic) bond motifs is 5. The van der Waals surface area contributed by atoms with Gasteiger partial charge in [0.05, 0.1) is 6.10 Å². The predicted molar refractivity (Wildman–Crippen MR) is 124 cm³/mol. The average Bonchev–Trinajstić information content (AvgIpc) is 3.03. The maximum atomic E-state index is 10.2. The maximum Gasteiger partial charge on any atom is 0.0577 e. The van der Waals surface area contributed by atoms with E-state index < -0.39 is 0 Å². The molecule has 0 aromatic heterocycles. The molecule has 4 aliphatic carbocycles. The molecule has 164 valence electrons. The third kappa shape index (κ3) is 3.58. The first kappa shape index (κ1) is 21.7. The lowest BCUT2D eigenvalue weighted by atomic mass is 9.47. The summed E-state index contributed by atoms with van der Waals surface area (Å²) in [5.74, 6) is 5.63. The Balaban J connectivity index is 1.53. The van der Waals surface area contributed by atoms with Gasteiger partial charge in [-0.25, -0.2) is 0 Å². The third-order valence-corrected chi connectivity index (χ3v) is 10.6. The van der Waals surface area contributed by atoms with E-state index in [0.717, 1.165) is 42.4 Å². The number of aliphatic hydroxyl groups is 1. The lowest BCUT2D eigenvalue weighted by Crippen LogP contribution is -2.50. The summed E-state index contributed by atoms with van der Waals surface area (Å²) in [5.41, 5.74) is 2.51. The van der Waals surface area contributed by atoms with Gasteiger partial charge in [0.1, 0.15) is 0 Å². The van der Waals surface area contributed by atoms with Gasteiger partial charge in [0.25, 0.3) is 0 Å². The van der Waals surface area contributed by atoms with Crippen LogP contribution >= 0.6 is 0 Å². The van der Waals surface area contributed by atoms with Crippen molar-refractivity contribution in [3.8, 4) is 0 Å². The van der Waals surface area contributed by atoms with Crippen LogP contribution in [0, 0.1) is 52.3 Å². The zero-order valence-electron chi connectivity index (χ0n) is 20.0. The fourth-order valence-corrected chi connectivity index (χ4v) is 8.25. The van der Waals surface area contributed by atoms with Crippen LogP contribution in [0.25, 0.3) is 0 Å². The summed E-state index contributed by atoms with van der Waals surface area (Å²) in [6, 6.07) is 0. The molecule has 0 aliphatic heterocycles. The standard InChI is InChI=1S/C28H46O/c1-18(2)19(3)7-8-20(4)24-11-12-25-23-10-9-21-17-22(29)13-15-27(21,5)26(23)14-16-28(24,25)6/h7-9,18-20,22-26,29H,10-17H2,1-6H3/b8-7+/t19-,20-,22-,23-,24+,25-,26+,27-,28-/m0/s1. The highest BCUT2D eigenvalue weighted by atomic mass is 16.3. The van der Waals surface area contributed by atoms with Crippen LogP contribution in [0.1, 0.15) is 92.9 Å². The van der Waals surface area contributed by atoms with Crippen molar-refractivity contribution in [3.63, 3.8) is 0 Å². The van der Waals surface area contributed by atoms with E-state index in [1.54, 1.807) is 5.57 Å². The maximum absolute atomic E-state index is 10.2. The molecule has 9 atom stereocenters. The second-order valence-corrected chi connectivity index (χ2v) is 12.2. The Morgan fingerprint density at radius 3 is 2.45 bits per heavy atom. The Hall–Kier alpha value is -0.560. The summed E-state index contributed by atoms with van der Waals surface area (Å²) < 4.78 is 0. The lowest BCUT2D eigenvalue weighted by Gasteiger charge is -2.58. The summed E-state index contributed by atoms with van der Waals surface area (Å²) in [5, 5.41) is 10.2. The van der Waals surface area contributed by atoms with Gasteiger partial charge < -0.3 is 5.11 Å². The summed E-state index contributed by atoms with van der Waals surface area (Å²) in [4.78, 5) is 0. The molecule has 0 radical (unpaired) electrons. The monoisotopic (exact) mass is 398 g/mol. The van der Waals surface area contributed by atoms with Crippen molar-refractivity contribution in [3.05, 3.63) is 23.8 Å². The highest BCUT2D eigenvalue weighted by Gasteiger charge is 2.58. The molecule has 0 amide bonds. The Morgan fingerprint density at radius 1 is 0.966 bits per heavy atom. The molecular weight excluding hydrogens is 352 g/mol. The largest absolute Gasteiger partial charge is 0.393 e. The van der Waals surface area contributed by atoms with E-state index in [-0.39, 0.29) is 6.10 Å². The Bertz CT molecular complexity index is 659. The van der Waals surface area contributed by atoms with E-state index in [0.29, 0.717) is 22.7 Å². The molecule has 29 heavy (non-hydrogen) atoms. The number of hydrogen-bond donors (Lipinski definition) is 1. The van der Waals surface area contributed by atoms with Gasteiger partial charge in [-0.05, 0) is 104 Å². The quantitative estimate of drug-likeness (QED) is 0.489. The molecule has 0 heterocycles. The van der Waals surface area contributed by atoms with E-state index in [1.807, 2.05) is 0 Å². The molecule has 0 saturated heterocycles. The van der Waals surface area contributed by atoms with Crippen molar-refractivity contribution in [1.29, 1.82) is 0 Å². The zero-order chi connectivity index (χ0) is 21.0. The minimum atomic E-state index is -0.0866. The van der Waals surface area contributed by atoms with Crippen molar-refractivity contribution < 1.29 is 5.11 Å². The van der Waals surface area contributed by atoms with Gasteiger partial charge in [-0.1, -0.05) is 65.3 Å². The van der Waals surface area contributed by atoms with Gasteiger partial charge >= 0.3 is 0 Å². The minimum absolute atomic E-state index is 0.0866. The van der Waals surface area contributed by atoms with Crippen LogP contribution < -0.4 is 0 Å². The van der Waals surface area contributed by atoms with Crippen LogP contribution in [0.4, 0.5) is 0 Å². The van der Waals surface area contributed by atoms with Crippen LogP contribution in [-0.4, -0.2) is 11.2 Å². The van der Waals surface area contributed by atoms with Crippen molar-refractivity contribution in [2.75, 3.05) is 0 Å². The van der Waals surface area contributed by atoms with Gasteiger partial charge in [0.2, 0.25) is 0 Å². The molecule has 0 aromatic rings. The van der Waals surface area contributed by atoms with Gasteiger partial charge in [0, 0.05) is 0 Å².